The fraction of sp³-hybridized carbons (Fsp3) is 0.263. The Morgan fingerprint density at radius 2 is 2.16 bits per heavy atom. The molecule has 1 aromatic carbocycles. The molecule has 2 rings (SSSR count). The molecule has 0 spiro atoms. The second kappa shape index (κ2) is 9.42. The van der Waals surface area contributed by atoms with Crippen molar-refractivity contribution in [3.05, 3.63) is 65.6 Å². The summed E-state index contributed by atoms with van der Waals surface area (Å²) in [6.45, 7) is 2.42. The number of halogens is 1. The molecule has 25 heavy (non-hydrogen) atoms. The molecule has 0 unspecified atom stereocenters. The minimum absolute atomic E-state index is 0.0296. The molecule has 0 aliphatic heterocycles. The number of hydrogen-bond acceptors (Lipinski definition) is 4. The number of rotatable bonds is 8. The number of unbranched alkanes of at least 4 members (excludes halogenated alkanes) is 1. The van der Waals surface area contributed by atoms with Gasteiger partial charge in [-0.2, -0.15) is 0 Å². The summed E-state index contributed by atoms with van der Waals surface area (Å²) in [6, 6.07) is 8.03. The van der Waals surface area contributed by atoms with Crippen LogP contribution in [0.4, 0.5) is 10.2 Å². The Bertz CT molecular complexity index is 747. The lowest BCUT2D eigenvalue weighted by Gasteiger charge is -2.10. The number of carbonyl (C=O) groups excluding carboxylic acids is 1. The fourth-order valence-corrected chi connectivity index (χ4v) is 2.17. The van der Waals surface area contributed by atoms with Crippen molar-refractivity contribution in [1.82, 2.24) is 10.3 Å². The summed E-state index contributed by atoms with van der Waals surface area (Å²) in [5.41, 5.74) is 6.26. The second-order valence-electron chi connectivity index (χ2n) is 5.42. The van der Waals surface area contributed by atoms with Gasteiger partial charge in [0.05, 0.1) is 5.56 Å². The first-order chi connectivity index (χ1) is 12.1. The molecule has 1 heterocycles. The first-order valence-corrected chi connectivity index (χ1v) is 8.17. The van der Waals surface area contributed by atoms with Gasteiger partial charge in [-0.15, -0.1) is 0 Å². The molecular formula is C19H22FN3O2. The molecule has 5 nitrogen and oxygen atoms in total. The Labute approximate surface area is 146 Å². The van der Waals surface area contributed by atoms with E-state index in [-0.39, 0.29) is 23.7 Å². The predicted octanol–water partition coefficient (Wildman–Crippen LogP) is 3.47. The number of anilines is 1. The number of nitrogen functional groups attached to an aromatic ring is 1. The number of amides is 1. The van der Waals surface area contributed by atoms with Crippen LogP contribution in [0.15, 0.2) is 48.7 Å². The molecule has 2 aromatic rings. The van der Waals surface area contributed by atoms with Gasteiger partial charge < -0.3 is 15.8 Å². The van der Waals surface area contributed by atoms with Crippen molar-refractivity contribution >= 4 is 11.7 Å². The van der Waals surface area contributed by atoms with Crippen molar-refractivity contribution in [1.29, 1.82) is 0 Å². The fourth-order valence-electron chi connectivity index (χ4n) is 2.17. The van der Waals surface area contributed by atoms with Gasteiger partial charge in [-0.3, -0.25) is 4.79 Å². The average molecular weight is 343 g/mol. The number of nitrogens with two attached hydrogens (primary N) is 1. The first-order valence-electron chi connectivity index (χ1n) is 8.17. The number of aromatic nitrogens is 1. The van der Waals surface area contributed by atoms with E-state index in [4.69, 9.17) is 10.5 Å². The van der Waals surface area contributed by atoms with Crippen LogP contribution in [0.1, 0.15) is 35.7 Å². The monoisotopic (exact) mass is 343 g/mol. The Morgan fingerprint density at radius 3 is 2.92 bits per heavy atom. The highest BCUT2D eigenvalue weighted by Gasteiger charge is 2.13. The molecule has 1 amide bonds. The van der Waals surface area contributed by atoms with Crippen molar-refractivity contribution in [2.75, 3.05) is 12.3 Å². The van der Waals surface area contributed by atoms with Crippen LogP contribution >= 0.6 is 0 Å². The minimum atomic E-state index is -0.481. The summed E-state index contributed by atoms with van der Waals surface area (Å²) in [4.78, 5) is 16.0. The van der Waals surface area contributed by atoms with E-state index in [1.54, 1.807) is 30.3 Å². The molecular weight excluding hydrogens is 321 g/mol. The summed E-state index contributed by atoms with van der Waals surface area (Å²) in [7, 11) is 0. The highest BCUT2D eigenvalue weighted by molar-refractivity contribution is 5.98. The highest BCUT2D eigenvalue weighted by Crippen LogP contribution is 2.20. The van der Waals surface area contributed by atoms with Gasteiger partial charge in [-0.05, 0) is 24.6 Å². The van der Waals surface area contributed by atoms with Crippen LogP contribution in [0, 0.1) is 5.82 Å². The number of nitrogens with zero attached hydrogens (tertiary/aromatic N) is 1. The third kappa shape index (κ3) is 5.31. The van der Waals surface area contributed by atoms with Gasteiger partial charge in [-0.25, -0.2) is 9.37 Å². The number of ether oxygens (including phenoxy) is 1. The number of carbonyl (C=O) groups is 1. The second-order valence-corrected chi connectivity index (χ2v) is 5.42. The quantitative estimate of drug-likeness (QED) is 0.720. The van der Waals surface area contributed by atoms with Crippen LogP contribution < -0.4 is 15.8 Å². The molecule has 0 saturated carbocycles. The van der Waals surface area contributed by atoms with Crippen molar-refractivity contribution in [2.45, 2.75) is 26.3 Å². The van der Waals surface area contributed by atoms with E-state index in [0.717, 1.165) is 12.8 Å². The van der Waals surface area contributed by atoms with Gasteiger partial charge in [0.25, 0.3) is 5.91 Å². The van der Waals surface area contributed by atoms with Crippen LogP contribution in [0.3, 0.4) is 0 Å². The van der Waals surface area contributed by atoms with Gasteiger partial charge in [0.2, 0.25) is 0 Å². The molecule has 0 aliphatic carbocycles. The standard InChI is InChI=1S/C19H22FN3O2/c1-2-3-4-5-12-25-16-10-6-8-14(17(16)20)13-23-19(24)15-9-7-11-22-18(15)21/h4-11H,2-3,12-13H2,1H3,(H2,21,22)(H,23,24). The van der Waals surface area contributed by atoms with Gasteiger partial charge in [0.15, 0.2) is 11.6 Å². The Kier molecular flexibility index (Phi) is 6.95. The van der Waals surface area contributed by atoms with Crippen molar-refractivity contribution in [2.24, 2.45) is 0 Å². The molecule has 1 aromatic heterocycles. The van der Waals surface area contributed by atoms with Gasteiger partial charge in [-0.1, -0.05) is 37.6 Å². The van der Waals surface area contributed by atoms with E-state index in [2.05, 4.69) is 17.2 Å². The van der Waals surface area contributed by atoms with E-state index >= 15 is 0 Å². The third-order valence-corrected chi connectivity index (χ3v) is 3.52. The van der Waals surface area contributed by atoms with Gasteiger partial charge in [0, 0.05) is 18.3 Å². The van der Waals surface area contributed by atoms with E-state index in [9.17, 15) is 9.18 Å². The van der Waals surface area contributed by atoms with E-state index in [1.807, 2.05) is 12.2 Å². The molecule has 0 saturated heterocycles. The lowest BCUT2D eigenvalue weighted by molar-refractivity contribution is 0.0951. The SMILES string of the molecule is CCCC=CCOc1cccc(CNC(=O)c2cccnc2N)c1F. The van der Waals surface area contributed by atoms with Gasteiger partial charge in [0.1, 0.15) is 12.4 Å². The number of pyridine rings is 1. The summed E-state index contributed by atoms with van der Waals surface area (Å²) >= 11 is 0. The predicted molar refractivity (Wildman–Crippen MR) is 95.8 cm³/mol. The number of allylic oxidation sites excluding steroid dienone is 1. The highest BCUT2D eigenvalue weighted by atomic mass is 19.1. The zero-order valence-electron chi connectivity index (χ0n) is 14.2. The number of benzene rings is 1. The number of nitrogens with one attached hydrogen (secondary N) is 1. The van der Waals surface area contributed by atoms with Crippen molar-refractivity contribution in [3.8, 4) is 5.75 Å². The normalized spacial score (nSPS) is 10.8. The molecule has 0 atom stereocenters. The Morgan fingerprint density at radius 1 is 1.32 bits per heavy atom. The maximum atomic E-state index is 14.4. The molecule has 6 heteroatoms. The maximum Gasteiger partial charge on any atom is 0.255 e. The zero-order valence-corrected chi connectivity index (χ0v) is 14.2. The summed E-state index contributed by atoms with van der Waals surface area (Å²) < 4.78 is 19.9. The minimum Gasteiger partial charge on any atom is -0.486 e. The van der Waals surface area contributed by atoms with Crippen LogP contribution in [0.2, 0.25) is 0 Å². The molecule has 132 valence electrons. The Hall–Kier alpha value is -2.89. The van der Waals surface area contributed by atoms with Crippen LogP contribution in [-0.4, -0.2) is 17.5 Å². The Balaban J connectivity index is 1.97. The van der Waals surface area contributed by atoms with E-state index in [0.29, 0.717) is 12.2 Å². The van der Waals surface area contributed by atoms with Gasteiger partial charge >= 0.3 is 0 Å². The lowest BCUT2D eigenvalue weighted by atomic mass is 10.2. The molecule has 0 bridgehead atoms. The number of hydrogen-bond donors (Lipinski definition) is 2. The van der Waals surface area contributed by atoms with Crippen molar-refractivity contribution < 1.29 is 13.9 Å². The lowest BCUT2D eigenvalue weighted by Crippen LogP contribution is -2.24. The summed E-state index contributed by atoms with van der Waals surface area (Å²) in [5.74, 6) is -0.588. The summed E-state index contributed by atoms with van der Waals surface area (Å²) in [6.07, 6.45) is 7.39. The summed E-state index contributed by atoms with van der Waals surface area (Å²) in [5, 5.41) is 2.64. The molecule has 0 aliphatic rings. The van der Waals surface area contributed by atoms with Crippen LogP contribution in [-0.2, 0) is 6.54 Å². The van der Waals surface area contributed by atoms with Crippen LogP contribution in [0.5, 0.6) is 5.75 Å². The average Bonchev–Trinajstić information content (AvgIpc) is 2.62. The topological polar surface area (TPSA) is 77.2 Å². The van der Waals surface area contributed by atoms with Crippen LogP contribution in [0.25, 0.3) is 0 Å². The largest absolute Gasteiger partial charge is 0.486 e. The third-order valence-electron chi connectivity index (χ3n) is 3.52. The molecule has 0 radical (unpaired) electrons. The maximum absolute atomic E-state index is 14.4. The van der Waals surface area contributed by atoms with E-state index < -0.39 is 11.7 Å². The smallest absolute Gasteiger partial charge is 0.255 e. The molecule has 0 fully saturated rings. The first kappa shape index (κ1) is 18.4. The van der Waals surface area contributed by atoms with E-state index in [1.165, 1.54) is 6.20 Å². The van der Waals surface area contributed by atoms with Crippen molar-refractivity contribution in [3.63, 3.8) is 0 Å². The molecule has 3 N–H and O–H groups in total. The zero-order chi connectivity index (χ0) is 18.1.